The molecular weight excluding hydrogens is 397 g/mol. The van der Waals surface area contributed by atoms with Crippen LogP contribution in [0.1, 0.15) is 16.6 Å². The van der Waals surface area contributed by atoms with Gasteiger partial charge in [0.05, 0.1) is 18.0 Å². The lowest BCUT2D eigenvalue weighted by Gasteiger charge is -2.06. The second kappa shape index (κ2) is 9.52. The van der Waals surface area contributed by atoms with Crippen LogP contribution in [0.25, 0.3) is 10.4 Å². The predicted molar refractivity (Wildman–Crippen MR) is 111 cm³/mol. The zero-order chi connectivity index (χ0) is 19.9. The zero-order valence-electron chi connectivity index (χ0n) is 15.1. The quantitative estimate of drug-likeness (QED) is 0.411. The third kappa shape index (κ3) is 4.99. The SMILES string of the molecule is CCOC(=O)c1sc(-c2ccccc2)cc1NC(=O)CSc1ccccc1F. The molecule has 3 rings (SSSR count). The number of benzene rings is 2. The molecule has 0 atom stereocenters. The van der Waals surface area contributed by atoms with E-state index >= 15 is 0 Å². The summed E-state index contributed by atoms with van der Waals surface area (Å²) in [6.45, 7) is 1.97. The van der Waals surface area contributed by atoms with E-state index in [1.54, 1.807) is 31.2 Å². The Labute approximate surface area is 170 Å². The van der Waals surface area contributed by atoms with E-state index in [0.29, 0.717) is 15.5 Å². The first-order chi connectivity index (χ1) is 13.6. The lowest BCUT2D eigenvalue weighted by atomic mass is 10.2. The van der Waals surface area contributed by atoms with E-state index in [0.717, 1.165) is 22.2 Å². The molecule has 0 unspecified atom stereocenters. The van der Waals surface area contributed by atoms with Gasteiger partial charge in [0.1, 0.15) is 10.7 Å². The molecule has 3 aromatic rings. The summed E-state index contributed by atoms with van der Waals surface area (Å²) in [7, 11) is 0. The number of carbonyl (C=O) groups is 2. The van der Waals surface area contributed by atoms with Gasteiger partial charge in [-0.1, -0.05) is 42.5 Å². The van der Waals surface area contributed by atoms with Crippen LogP contribution in [-0.2, 0) is 9.53 Å². The van der Waals surface area contributed by atoms with Gasteiger partial charge in [0.2, 0.25) is 5.91 Å². The molecule has 0 saturated heterocycles. The summed E-state index contributed by atoms with van der Waals surface area (Å²) in [5, 5.41) is 2.76. The largest absolute Gasteiger partial charge is 0.462 e. The standard InChI is InChI=1S/C21H18FNO3S2/c1-2-26-21(25)20-16(12-18(28-20)14-8-4-3-5-9-14)23-19(24)13-27-17-11-7-6-10-15(17)22/h3-12H,2,13H2,1H3,(H,23,24). The summed E-state index contributed by atoms with van der Waals surface area (Å²) < 4.78 is 18.8. The van der Waals surface area contributed by atoms with E-state index in [4.69, 9.17) is 4.74 Å². The monoisotopic (exact) mass is 415 g/mol. The van der Waals surface area contributed by atoms with E-state index in [1.807, 2.05) is 30.3 Å². The van der Waals surface area contributed by atoms with Crippen molar-refractivity contribution in [3.05, 3.63) is 71.4 Å². The minimum atomic E-state index is -0.480. The molecule has 144 valence electrons. The van der Waals surface area contributed by atoms with Crippen molar-refractivity contribution in [1.82, 2.24) is 0 Å². The van der Waals surface area contributed by atoms with Gasteiger partial charge in [-0.3, -0.25) is 4.79 Å². The number of anilines is 1. The first-order valence-corrected chi connectivity index (χ1v) is 10.4. The molecule has 0 aliphatic carbocycles. The number of halogens is 1. The highest BCUT2D eigenvalue weighted by atomic mass is 32.2. The van der Waals surface area contributed by atoms with E-state index < -0.39 is 5.97 Å². The third-order valence-electron chi connectivity index (χ3n) is 3.72. The molecule has 7 heteroatoms. The van der Waals surface area contributed by atoms with Gasteiger partial charge in [-0.15, -0.1) is 23.1 Å². The number of esters is 1. The highest BCUT2D eigenvalue weighted by Gasteiger charge is 2.20. The second-order valence-corrected chi connectivity index (χ2v) is 7.78. The smallest absolute Gasteiger partial charge is 0.350 e. The number of hydrogen-bond donors (Lipinski definition) is 1. The molecule has 4 nitrogen and oxygen atoms in total. The lowest BCUT2D eigenvalue weighted by molar-refractivity contribution is -0.113. The lowest BCUT2D eigenvalue weighted by Crippen LogP contribution is -2.16. The van der Waals surface area contributed by atoms with E-state index in [2.05, 4.69) is 5.32 Å². The molecule has 1 aromatic heterocycles. The number of rotatable bonds is 7. The van der Waals surface area contributed by atoms with Crippen LogP contribution in [0.4, 0.5) is 10.1 Å². The molecule has 0 fully saturated rings. The van der Waals surface area contributed by atoms with Crippen LogP contribution in [-0.4, -0.2) is 24.2 Å². The Bertz CT molecular complexity index is 973. The summed E-state index contributed by atoms with van der Waals surface area (Å²) in [4.78, 5) is 26.3. The Kier molecular flexibility index (Phi) is 6.84. The van der Waals surface area contributed by atoms with Crippen molar-refractivity contribution in [3.63, 3.8) is 0 Å². The summed E-state index contributed by atoms with van der Waals surface area (Å²) in [6, 6.07) is 17.6. The minimum Gasteiger partial charge on any atom is -0.462 e. The number of carbonyl (C=O) groups excluding carboxylic acids is 2. The van der Waals surface area contributed by atoms with Crippen molar-refractivity contribution < 1.29 is 18.7 Å². The average molecular weight is 416 g/mol. The molecule has 0 radical (unpaired) electrons. The topological polar surface area (TPSA) is 55.4 Å². The molecule has 0 spiro atoms. The van der Waals surface area contributed by atoms with Gasteiger partial charge in [-0.25, -0.2) is 9.18 Å². The fourth-order valence-corrected chi connectivity index (χ4v) is 4.22. The highest BCUT2D eigenvalue weighted by Crippen LogP contribution is 2.35. The summed E-state index contributed by atoms with van der Waals surface area (Å²) >= 11 is 2.37. The Morgan fingerprint density at radius 2 is 1.82 bits per heavy atom. The maximum absolute atomic E-state index is 13.7. The van der Waals surface area contributed by atoms with Crippen molar-refractivity contribution in [1.29, 1.82) is 0 Å². The normalized spacial score (nSPS) is 10.5. The van der Waals surface area contributed by atoms with Gasteiger partial charge < -0.3 is 10.1 Å². The number of hydrogen-bond acceptors (Lipinski definition) is 5. The van der Waals surface area contributed by atoms with E-state index in [1.165, 1.54) is 17.4 Å². The fourth-order valence-electron chi connectivity index (χ4n) is 2.47. The Hall–Kier alpha value is -2.64. The van der Waals surface area contributed by atoms with Crippen LogP contribution in [0.2, 0.25) is 0 Å². The van der Waals surface area contributed by atoms with Gasteiger partial charge in [0.15, 0.2) is 0 Å². The summed E-state index contributed by atoms with van der Waals surface area (Å²) in [5.74, 6) is -1.14. The number of thiophene rings is 1. The summed E-state index contributed by atoms with van der Waals surface area (Å²) in [5.41, 5.74) is 1.35. The number of thioether (sulfide) groups is 1. The van der Waals surface area contributed by atoms with Gasteiger partial charge in [0, 0.05) is 9.77 Å². The van der Waals surface area contributed by atoms with Crippen molar-refractivity contribution in [2.75, 3.05) is 17.7 Å². The first-order valence-electron chi connectivity index (χ1n) is 8.62. The summed E-state index contributed by atoms with van der Waals surface area (Å²) in [6.07, 6.45) is 0. The van der Waals surface area contributed by atoms with Gasteiger partial charge >= 0.3 is 5.97 Å². The van der Waals surface area contributed by atoms with Gasteiger partial charge in [-0.05, 0) is 30.7 Å². The van der Waals surface area contributed by atoms with E-state index in [9.17, 15) is 14.0 Å². The molecule has 2 aromatic carbocycles. The van der Waals surface area contributed by atoms with Crippen molar-refractivity contribution in [3.8, 4) is 10.4 Å². The van der Waals surface area contributed by atoms with Crippen LogP contribution in [0, 0.1) is 5.82 Å². The minimum absolute atomic E-state index is 0.0275. The van der Waals surface area contributed by atoms with Crippen LogP contribution in [0.5, 0.6) is 0 Å². The number of amides is 1. The Morgan fingerprint density at radius 1 is 1.11 bits per heavy atom. The van der Waals surface area contributed by atoms with Gasteiger partial charge in [-0.2, -0.15) is 0 Å². The van der Waals surface area contributed by atoms with Crippen LogP contribution in [0.3, 0.4) is 0 Å². The fraction of sp³-hybridized carbons (Fsp3) is 0.143. The Balaban J connectivity index is 1.77. The zero-order valence-corrected chi connectivity index (χ0v) is 16.7. The molecule has 0 bridgehead atoms. The maximum Gasteiger partial charge on any atom is 0.350 e. The molecule has 1 heterocycles. The van der Waals surface area contributed by atoms with Crippen molar-refractivity contribution in [2.24, 2.45) is 0 Å². The highest BCUT2D eigenvalue weighted by molar-refractivity contribution is 8.00. The van der Waals surface area contributed by atoms with E-state index in [-0.39, 0.29) is 24.1 Å². The molecule has 28 heavy (non-hydrogen) atoms. The third-order valence-corrected chi connectivity index (χ3v) is 5.93. The second-order valence-electron chi connectivity index (χ2n) is 5.71. The predicted octanol–water partition coefficient (Wildman–Crippen LogP) is 5.46. The molecule has 1 N–H and O–H groups in total. The molecule has 0 aliphatic rings. The molecule has 0 aliphatic heterocycles. The van der Waals surface area contributed by atoms with Crippen molar-refractivity contribution >= 4 is 40.7 Å². The van der Waals surface area contributed by atoms with Gasteiger partial charge in [0.25, 0.3) is 0 Å². The van der Waals surface area contributed by atoms with Crippen LogP contribution < -0.4 is 5.32 Å². The van der Waals surface area contributed by atoms with Crippen molar-refractivity contribution in [2.45, 2.75) is 11.8 Å². The molecular formula is C21H18FNO3S2. The number of nitrogens with one attached hydrogen (secondary N) is 1. The van der Waals surface area contributed by atoms with Crippen LogP contribution >= 0.6 is 23.1 Å². The Morgan fingerprint density at radius 3 is 2.54 bits per heavy atom. The maximum atomic E-state index is 13.7. The average Bonchev–Trinajstić information content (AvgIpc) is 3.12. The first kappa shape index (κ1) is 20.1. The number of ether oxygens (including phenoxy) is 1. The molecule has 0 saturated carbocycles. The molecule has 1 amide bonds. The van der Waals surface area contributed by atoms with Crippen LogP contribution in [0.15, 0.2) is 65.6 Å².